The molecule has 2 aromatic rings. The van der Waals surface area contributed by atoms with Gasteiger partial charge in [-0.05, 0) is 61.9 Å². The van der Waals surface area contributed by atoms with E-state index in [1.807, 2.05) is 6.07 Å². The first kappa shape index (κ1) is 19.4. The molecule has 150 valence electrons. The van der Waals surface area contributed by atoms with E-state index in [1.54, 1.807) is 29.2 Å². The van der Waals surface area contributed by atoms with Gasteiger partial charge in [0.05, 0.1) is 4.88 Å². The van der Waals surface area contributed by atoms with Gasteiger partial charge in [-0.2, -0.15) is 4.31 Å². The van der Waals surface area contributed by atoms with E-state index in [2.05, 4.69) is 0 Å². The average Bonchev–Trinajstić information content (AvgIpc) is 3.13. The van der Waals surface area contributed by atoms with E-state index in [9.17, 15) is 18.3 Å². The second-order valence-electron chi connectivity index (χ2n) is 7.43. The molecule has 1 aromatic carbocycles. The first-order valence-electron chi connectivity index (χ1n) is 9.57. The minimum atomic E-state index is -3.78. The van der Waals surface area contributed by atoms with Crippen molar-refractivity contribution in [3.63, 3.8) is 0 Å². The number of fused-ring (bicyclic) bond motifs is 1. The van der Waals surface area contributed by atoms with Crippen LogP contribution in [0.3, 0.4) is 0 Å². The van der Waals surface area contributed by atoms with Crippen LogP contribution in [-0.4, -0.2) is 54.8 Å². The molecule has 1 saturated heterocycles. The third-order valence-electron chi connectivity index (χ3n) is 5.47. The van der Waals surface area contributed by atoms with E-state index in [4.69, 9.17) is 0 Å². The molecule has 6 nitrogen and oxygen atoms in total. The van der Waals surface area contributed by atoms with Crippen molar-refractivity contribution in [1.82, 2.24) is 9.21 Å². The Bertz CT molecular complexity index is 982. The van der Waals surface area contributed by atoms with Gasteiger partial charge in [0.1, 0.15) is 10.6 Å². The van der Waals surface area contributed by atoms with Crippen molar-refractivity contribution in [3.8, 4) is 5.75 Å². The first-order chi connectivity index (χ1) is 13.4. The molecule has 4 rings (SSSR count). The number of piperazine rings is 1. The number of nitrogens with zero attached hydrogens (tertiary/aromatic N) is 2. The maximum absolute atomic E-state index is 12.9. The van der Waals surface area contributed by atoms with E-state index in [1.165, 1.54) is 39.7 Å². The highest BCUT2D eigenvalue weighted by atomic mass is 32.2. The minimum absolute atomic E-state index is 0.00477. The summed E-state index contributed by atoms with van der Waals surface area (Å²) in [6.07, 6.45) is 4.47. The third-order valence-corrected chi connectivity index (χ3v) is 8.62. The van der Waals surface area contributed by atoms with Crippen molar-refractivity contribution in [1.29, 1.82) is 0 Å². The molecule has 0 atom stereocenters. The monoisotopic (exact) mass is 420 g/mol. The zero-order chi connectivity index (χ0) is 19.9. The van der Waals surface area contributed by atoms with Gasteiger partial charge in [0.15, 0.2) is 0 Å². The molecule has 1 fully saturated rings. The Balaban J connectivity index is 1.46. The Labute approximate surface area is 169 Å². The fourth-order valence-electron chi connectivity index (χ4n) is 3.85. The topological polar surface area (TPSA) is 77.9 Å². The number of hydrogen-bond donors (Lipinski definition) is 1. The summed E-state index contributed by atoms with van der Waals surface area (Å²) in [5.41, 5.74) is 2.07. The second-order valence-corrected chi connectivity index (χ2v) is 10.5. The normalized spacial score (nSPS) is 18.1. The summed E-state index contributed by atoms with van der Waals surface area (Å²) < 4.78 is 27.2. The standard InChI is InChI=1S/C20H24N2O4S2/c1-14-6-7-16(23)19(12-14)28(25,26)22-10-8-21(9-11-22)20(24)18-13-15-4-2-3-5-17(15)27-18/h6-7,12-13,23H,2-5,8-11H2,1H3. The number of phenols is 1. The van der Waals surface area contributed by atoms with Gasteiger partial charge < -0.3 is 10.0 Å². The number of carbonyl (C=O) groups excluding carboxylic acids is 1. The number of rotatable bonds is 3. The quantitative estimate of drug-likeness (QED) is 0.828. The van der Waals surface area contributed by atoms with Crippen LogP contribution >= 0.6 is 11.3 Å². The van der Waals surface area contributed by atoms with Gasteiger partial charge in [-0.3, -0.25) is 4.79 Å². The number of phenolic OH excluding ortho intramolecular Hbond substituents is 1. The zero-order valence-corrected chi connectivity index (χ0v) is 17.5. The van der Waals surface area contributed by atoms with Gasteiger partial charge in [-0.25, -0.2) is 8.42 Å². The predicted molar refractivity (Wildman–Crippen MR) is 108 cm³/mol. The van der Waals surface area contributed by atoms with Crippen molar-refractivity contribution < 1.29 is 18.3 Å². The van der Waals surface area contributed by atoms with Crippen LogP contribution in [0.25, 0.3) is 0 Å². The van der Waals surface area contributed by atoms with Gasteiger partial charge in [-0.15, -0.1) is 11.3 Å². The molecule has 0 saturated carbocycles. The van der Waals surface area contributed by atoms with Crippen LogP contribution in [0, 0.1) is 6.92 Å². The largest absolute Gasteiger partial charge is 0.507 e. The summed E-state index contributed by atoms with van der Waals surface area (Å²) >= 11 is 1.59. The number of aryl methyl sites for hydroxylation is 3. The molecule has 0 spiro atoms. The maximum Gasteiger partial charge on any atom is 0.264 e. The molecule has 1 aliphatic carbocycles. The number of sulfonamides is 1. The summed E-state index contributed by atoms with van der Waals surface area (Å²) in [5.74, 6) is -0.247. The van der Waals surface area contributed by atoms with Gasteiger partial charge in [0.25, 0.3) is 5.91 Å². The lowest BCUT2D eigenvalue weighted by molar-refractivity contribution is 0.0702. The Hall–Kier alpha value is -1.90. The van der Waals surface area contributed by atoms with E-state index in [-0.39, 0.29) is 29.6 Å². The maximum atomic E-state index is 12.9. The van der Waals surface area contributed by atoms with E-state index in [0.717, 1.165) is 23.3 Å². The number of thiophene rings is 1. The van der Waals surface area contributed by atoms with E-state index in [0.29, 0.717) is 13.1 Å². The Morgan fingerprint density at radius 2 is 1.79 bits per heavy atom. The van der Waals surface area contributed by atoms with Crippen molar-refractivity contribution in [2.24, 2.45) is 0 Å². The van der Waals surface area contributed by atoms with Crippen LogP contribution in [0.4, 0.5) is 0 Å². The van der Waals surface area contributed by atoms with E-state index < -0.39 is 10.0 Å². The molecule has 28 heavy (non-hydrogen) atoms. The molecule has 0 unspecified atom stereocenters. The van der Waals surface area contributed by atoms with Crippen molar-refractivity contribution in [2.75, 3.05) is 26.2 Å². The molecule has 1 amide bonds. The molecule has 1 aromatic heterocycles. The molecule has 1 aliphatic heterocycles. The molecule has 1 N–H and O–H groups in total. The Morgan fingerprint density at radius 3 is 2.50 bits per heavy atom. The number of benzene rings is 1. The summed E-state index contributed by atoms with van der Waals surface area (Å²) in [5, 5.41) is 10.0. The number of carbonyl (C=O) groups is 1. The lowest BCUT2D eigenvalue weighted by Gasteiger charge is -2.33. The summed E-state index contributed by atoms with van der Waals surface area (Å²) in [7, 11) is -3.78. The summed E-state index contributed by atoms with van der Waals surface area (Å²) in [6.45, 7) is 2.95. The molecule has 0 radical (unpaired) electrons. The summed E-state index contributed by atoms with van der Waals surface area (Å²) in [6, 6.07) is 6.58. The number of hydrogen-bond acceptors (Lipinski definition) is 5. The van der Waals surface area contributed by atoms with Crippen molar-refractivity contribution >= 4 is 27.3 Å². The predicted octanol–water partition coefficient (Wildman–Crippen LogP) is 2.79. The lowest BCUT2D eigenvalue weighted by Crippen LogP contribution is -2.50. The van der Waals surface area contributed by atoms with E-state index >= 15 is 0 Å². The molecular weight excluding hydrogens is 396 g/mol. The van der Waals surface area contributed by atoms with Gasteiger partial charge >= 0.3 is 0 Å². The zero-order valence-electron chi connectivity index (χ0n) is 15.8. The average molecular weight is 421 g/mol. The summed E-state index contributed by atoms with van der Waals surface area (Å²) in [4.78, 5) is 16.6. The van der Waals surface area contributed by atoms with Gasteiger partial charge in [0, 0.05) is 31.1 Å². The van der Waals surface area contributed by atoms with Crippen LogP contribution in [0.15, 0.2) is 29.2 Å². The lowest BCUT2D eigenvalue weighted by atomic mass is 9.99. The molecule has 0 bridgehead atoms. The van der Waals surface area contributed by atoms with Gasteiger partial charge in [0.2, 0.25) is 10.0 Å². The van der Waals surface area contributed by atoms with Crippen LogP contribution in [0.1, 0.15) is 38.5 Å². The third kappa shape index (κ3) is 3.56. The van der Waals surface area contributed by atoms with Gasteiger partial charge in [-0.1, -0.05) is 6.07 Å². The number of aromatic hydroxyl groups is 1. The highest BCUT2D eigenvalue weighted by Gasteiger charge is 2.32. The van der Waals surface area contributed by atoms with Crippen molar-refractivity contribution in [3.05, 3.63) is 45.1 Å². The van der Waals surface area contributed by atoms with Crippen LogP contribution in [0.2, 0.25) is 0 Å². The van der Waals surface area contributed by atoms with Crippen LogP contribution in [0.5, 0.6) is 5.75 Å². The number of amides is 1. The second kappa shape index (κ2) is 7.50. The van der Waals surface area contributed by atoms with Crippen molar-refractivity contribution in [2.45, 2.75) is 37.5 Å². The first-order valence-corrected chi connectivity index (χ1v) is 11.8. The highest BCUT2D eigenvalue weighted by Crippen LogP contribution is 2.31. The highest BCUT2D eigenvalue weighted by molar-refractivity contribution is 7.89. The van der Waals surface area contributed by atoms with Crippen LogP contribution < -0.4 is 0 Å². The SMILES string of the molecule is Cc1ccc(O)c(S(=O)(=O)N2CCN(C(=O)c3cc4c(s3)CCCC4)CC2)c1. The van der Waals surface area contributed by atoms with Crippen LogP contribution in [-0.2, 0) is 22.9 Å². The minimum Gasteiger partial charge on any atom is -0.507 e. The Kier molecular flexibility index (Phi) is 5.20. The smallest absolute Gasteiger partial charge is 0.264 e. The fraction of sp³-hybridized carbons (Fsp3) is 0.450. The fourth-order valence-corrected chi connectivity index (χ4v) is 6.66. The molecular formula is C20H24N2O4S2. The molecule has 2 heterocycles. The molecule has 2 aliphatic rings. The Morgan fingerprint density at radius 1 is 1.07 bits per heavy atom. The molecule has 8 heteroatoms.